The summed E-state index contributed by atoms with van der Waals surface area (Å²) in [6.07, 6.45) is 8.35. The molecule has 1 aromatic carbocycles. The molecule has 2 aliphatic heterocycles. The summed E-state index contributed by atoms with van der Waals surface area (Å²) in [4.78, 5) is 21.9. The maximum Gasteiger partial charge on any atom is 0.246 e. The molecule has 7 nitrogen and oxygen atoms in total. The monoisotopic (exact) mass is 555 g/mol. The van der Waals surface area contributed by atoms with Gasteiger partial charge in [0.15, 0.2) is 5.96 Å². The lowest BCUT2D eigenvalue weighted by Crippen LogP contribution is -2.60. The van der Waals surface area contributed by atoms with E-state index in [0.717, 1.165) is 57.9 Å². The maximum atomic E-state index is 13.0. The number of nitrogens with zero attached hydrogens (tertiary/aromatic N) is 3. The Hall–Kier alpha value is -1.39. The molecule has 0 aromatic heterocycles. The summed E-state index contributed by atoms with van der Waals surface area (Å²) in [7, 11) is 1.78. The minimum absolute atomic E-state index is 0. The Morgan fingerprint density at radius 2 is 1.81 bits per heavy atom. The molecule has 0 bridgehead atoms. The van der Waals surface area contributed by atoms with E-state index in [-0.39, 0.29) is 42.0 Å². The molecule has 3 aliphatic rings. The number of aliphatic imine (C=N–C) groups is 1. The highest BCUT2D eigenvalue weighted by Crippen LogP contribution is 2.34. The fourth-order valence-corrected chi connectivity index (χ4v) is 5.37. The van der Waals surface area contributed by atoms with Crippen molar-refractivity contribution in [3.63, 3.8) is 0 Å². The van der Waals surface area contributed by atoms with Crippen LogP contribution in [0.2, 0.25) is 0 Å². The van der Waals surface area contributed by atoms with E-state index in [4.69, 9.17) is 4.74 Å². The van der Waals surface area contributed by atoms with Crippen molar-refractivity contribution >= 4 is 41.5 Å². The second-order valence-electron chi connectivity index (χ2n) is 8.94. The summed E-state index contributed by atoms with van der Waals surface area (Å²) in [5.74, 6) is 0.799. The molecule has 2 N–H and O–H groups in total. The van der Waals surface area contributed by atoms with E-state index in [1.54, 1.807) is 7.05 Å². The zero-order valence-electron chi connectivity index (χ0n) is 19.3. The first-order valence-electron chi connectivity index (χ1n) is 11.9. The predicted molar refractivity (Wildman–Crippen MR) is 140 cm³/mol. The van der Waals surface area contributed by atoms with Crippen molar-refractivity contribution in [1.29, 1.82) is 0 Å². The number of carbonyl (C=O) groups excluding carboxylic acids is 1. The highest BCUT2D eigenvalue weighted by atomic mass is 127. The van der Waals surface area contributed by atoms with Gasteiger partial charge in [-0.1, -0.05) is 37.5 Å². The fourth-order valence-electron chi connectivity index (χ4n) is 5.37. The van der Waals surface area contributed by atoms with Crippen LogP contribution in [0.3, 0.4) is 0 Å². The first-order chi connectivity index (χ1) is 15.2. The summed E-state index contributed by atoms with van der Waals surface area (Å²) < 4.78 is 5.59. The van der Waals surface area contributed by atoms with Crippen LogP contribution >= 0.6 is 24.0 Å². The number of amides is 1. The van der Waals surface area contributed by atoms with Crippen LogP contribution in [-0.4, -0.2) is 75.3 Å². The van der Waals surface area contributed by atoms with Gasteiger partial charge >= 0.3 is 0 Å². The Morgan fingerprint density at radius 1 is 1.06 bits per heavy atom. The number of fused-ring (bicyclic) bond motifs is 1. The second-order valence-corrected chi connectivity index (χ2v) is 8.94. The van der Waals surface area contributed by atoms with Crippen LogP contribution in [0.15, 0.2) is 29.3 Å². The zero-order chi connectivity index (χ0) is 21.5. The highest BCUT2D eigenvalue weighted by molar-refractivity contribution is 14.0. The maximum absolute atomic E-state index is 13.0. The number of morpholine rings is 1. The number of rotatable bonds is 5. The number of hydrogen-bond acceptors (Lipinski definition) is 4. The molecule has 0 spiro atoms. The zero-order valence-corrected chi connectivity index (χ0v) is 21.6. The molecule has 0 radical (unpaired) electrons. The topological polar surface area (TPSA) is 69.2 Å². The van der Waals surface area contributed by atoms with Crippen LogP contribution in [0.5, 0.6) is 0 Å². The third-order valence-electron chi connectivity index (χ3n) is 7.09. The van der Waals surface area contributed by atoms with Crippen molar-refractivity contribution in [2.45, 2.75) is 50.5 Å². The molecule has 178 valence electrons. The van der Waals surface area contributed by atoms with Gasteiger partial charge in [-0.15, -0.1) is 24.0 Å². The molecule has 1 saturated heterocycles. The molecule has 1 amide bonds. The molecular weight excluding hydrogens is 517 g/mol. The first kappa shape index (κ1) is 25.2. The van der Waals surface area contributed by atoms with Crippen LogP contribution < -0.4 is 15.5 Å². The standard InChI is InChI=1S/C24H37N5O2.HI/c1-25-23(26-18-22(30)29-13-7-9-20-8-3-4-10-21(20)29)27-19-24(11-5-2-6-12-24)28-14-16-31-17-15-28;/h3-4,8,10H,2,5-7,9,11-19H2,1H3,(H2,25,26,27);1H. The molecule has 8 heteroatoms. The first-order valence-corrected chi connectivity index (χ1v) is 11.9. The van der Waals surface area contributed by atoms with Gasteiger partial charge in [-0.3, -0.25) is 14.7 Å². The number of para-hydroxylation sites is 1. The van der Waals surface area contributed by atoms with E-state index in [0.29, 0.717) is 5.96 Å². The smallest absolute Gasteiger partial charge is 0.246 e. The van der Waals surface area contributed by atoms with Crippen molar-refractivity contribution in [2.24, 2.45) is 4.99 Å². The van der Waals surface area contributed by atoms with Gasteiger partial charge < -0.3 is 20.3 Å². The number of carbonyl (C=O) groups is 1. The number of benzene rings is 1. The van der Waals surface area contributed by atoms with E-state index in [1.165, 1.54) is 37.7 Å². The largest absolute Gasteiger partial charge is 0.379 e. The van der Waals surface area contributed by atoms with Gasteiger partial charge in [0.1, 0.15) is 0 Å². The number of halogens is 1. The number of hydrogen-bond donors (Lipinski definition) is 2. The third-order valence-corrected chi connectivity index (χ3v) is 7.09. The van der Waals surface area contributed by atoms with E-state index >= 15 is 0 Å². The summed E-state index contributed by atoms with van der Waals surface area (Å²) in [6, 6.07) is 8.23. The van der Waals surface area contributed by atoms with Gasteiger partial charge in [-0.2, -0.15) is 0 Å². The van der Waals surface area contributed by atoms with E-state index in [2.05, 4.69) is 32.7 Å². The average Bonchev–Trinajstić information content (AvgIpc) is 2.84. The molecular formula is C24H38IN5O2. The minimum atomic E-state index is 0. The van der Waals surface area contributed by atoms with Gasteiger partial charge in [-0.25, -0.2) is 0 Å². The Kier molecular flexibility index (Phi) is 9.61. The molecule has 1 saturated carbocycles. The summed E-state index contributed by atoms with van der Waals surface area (Å²) in [5.41, 5.74) is 2.47. The van der Waals surface area contributed by atoms with Crippen molar-refractivity contribution in [3.8, 4) is 0 Å². The molecule has 2 heterocycles. The predicted octanol–water partition coefficient (Wildman–Crippen LogP) is 2.78. The van der Waals surface area contributed by atoms with E-state index in [9.17, 15) is 4.79 Å². The van der Waals surface area contributed by atoms with Gasteiger partial charge in [0, 0.05) is 44.5 Å². The number of guanidine groups is 1. The molecule has 0 unspecified atom stereocenters. The van der Waals surface area contributed by atoms with Crippen LogP contribution in [0.1, 0.15) is 44.1 Å². The lowest BCUT2D eigenvalue weighted by Gasteiger charge is -2.48. The van der Waals surface area contributed by atoms with E-state index < -0.39 is 0 Å². The SMILES string of the molecule is CN=C(NCC(=O)N1CCCc2ccccc21)NCC1(N2CCOCC2)CCCCC1.I. The molecule has 1 aromatic rings. The van der Waals surface area contributed by atoms with Crippen LogP contribution in [0.4, 0.5) is 5.69 Å². The van der Waals surface area contributed by atoms with Crippen molar-refractivity contribution in [2.75, 3.05) is 57.9 Å². The second kappa shape index (κ2) is 12.2. The van der Waals surface area contributed by atoms with Crippen molar-refractivity contribution in [3.05, 3.63) is 29.8 Å². The van der Waals surface area contributed by atoms with Crippen LogP contribution in [0, 0.1) is 0 Å². The van der Waals surface area contributed by atoms with Gasteiger partial charge in [0.25, 0.3) is 0 Å². The summed E-state index contributed by atoms with van der Waals surface area (Å²) in [6.45, 7) is 5.53. The van der Waals surface area contributed by atoms with E-state index in [1.807, 2.05) is 17.0 Å². The van der Waals surface area contributed by atoms with Gasteiger partial charge in [0.05, 0.1) is 19.8 Å². The molecule has 2 fully saturated rings. The quantitative estimate of drug-likeness (QED) is 0.333. The molecule has 32 heavy (non-hydrogen) atoms. The van der Waals surface area contributed by atoms with Crippen LogP contribution in [-0.2, 0) is 16.0 Å². The highest BCUT2D eigenvalue weighted by Gasteiger charge is 2.38. The number of ether oxygens (including phenoxy) is 1. The Balaban J connectivity index is 0.00000289. The minimum Gasteiger partial charge on any atom is -0.379 e. The number of aryl methyl sites for hydroxylation is 1. The van der Waals surface area contributed by atoms with Crippen molar-refractivity contribution < 1.29 is 9.53 Å². The summed E-state index contributed by atoms with van der Waals surface area (Å²) in [5, 5.41) is 6.80. The summed E-state index contributed by atoms with van der Waals surface area (Å²) >= 11 is 0. The fraction of sp³-hybridized carbons (Fsp3) is 0.667. The Morgan fingerprint density at radius 3 is 2.56 bits per heavy atom. The normalized spacial score (nSPS) is 21.3. The third kappa shape index (κ3) is 5.94. The lowest BCUT2D eigenvalue weighted by molar-refractivity contribution is -0.117. The molecule has 0 atom stereocenters. The molecule has 1 aliphatic carbocycles. The van der Waals surface area contributed by atoms with Gasteiger partial charge in [-0.05, 0) is 37.3 Å². The lowest BCUT2D eigenvalue weighted by atomic mass is 9.80. The van der Waals surface area contributed by atoms with Crippen molar-refractivity contribution in [1.82, 2.24) is 15.5 Å². The average molecular weight is 556 g/mol. The van der Waals surface area contributed by atoms with Gasteiger partial charge in [0.2, 0.25) is 5.91 Å². The number of anilines is 1. The Bertz CT molecular complexity index is 775. The number of nitrogens with one attached hydrogen (secondary N) is 2. The Labute approximate surface area is 209 Å². The molecule has 4 rings (SSSR count). The van der Waals surface area contributed by atoms with Crippen LogP contribution in [0.25, 0.3) is 0 Å².